The molecule has 2 aromatic carbocycles. The van der Waals surface area contributed by atoms with Crippen LogP contribution in [0.5, 0.6) is 0 Å². The molecule has 3 aromatic rings. The third kappa shape index (κ3) is 3.67. The van der Waals surface area contributed by atoms with Crippen molar-refractivity contribution in [2.75, 3.05) is 0 Å². The molecule has 1 heterocycles. The normalized spacial score (nSPS) is 13.1. The number of benzene rings is 2. The molecule has 0 saturated heterocycles. The highest BCUT2D eigenvalue weighted by Crippen LogP contribution is 2.27. The average molecular weight is 445 g/mol. The fraction of sp³-hybridized carbons (Fsp3) is 0.167. The van der Waals surface area contributed by atoms with Crippen molar-refractivity contribution in [3.05, 3.63) is 62.4 Å². The van der Waals surface area contributed by atoms with Crippen LogP contribution in [0.4, 0.5) is 8.78 Å². The van der Waals surface area contributed by atoms with Crippen molar-refractivity contribution in [1.29, 1.82) is 0 Å². The van der Waals surface area contributed by atoms with E-state index >= 15 is 0 Å². The van der Waals surface area contributed by atoms with Gasteiger partial charge in [0.2, 0.25) is 0 Å². The van der Waals surface area contributed by atoms with Gasteiger partial charge in [-0.1, -0.05) is 41.5 Å². The van der Waals surface area contributed by atoms with Crippen molar-refractivity contribution in [2.45, 2.75) is 19.4 Å². The Balaban J connectivity index is 2.27. The molecule has 1 aromatic heterocycles. The summed E-state index contributed by atoms with van der Waals surface area (Å²) in [5, 5.41) is 9.93. The second-order valence-electron chi connectivity index (χ2n) is 5.77. The molecule has 1 unspecified atom stereocenters. The number of hydrogen-bond acceptors (Lipinski definition) is 3. The van der Waals surface area contributed by atoms with E-state index in [1.807, 2.05) is 0 Å². The van der Waals surface area contributed by atoms with Crippen molar-refractivity contribution in [3.63, 3.8) is 0 Å². The number of carbonyl (C=O) groups excluding carboxylic acids is 1. The van der Waals surface area contributed by atoms with Crippen LogP contribution in [0.2, 0.25) is 10.0 Å². The van der Waals surface area contributed by atoms with Crippen LogP contribution in [0, 0.1) is 11.6 Å². The Bertz CT molecular complexity index is 1170. The number of aromatic nitrogens is 1. The number of fused-ring (bicyclic) bond motifs is 1. The Kier molecular flexibility index (Phi) is 5.83. The molecule has 0 saturated carbocycles. The van der Waals surface area contributed by atoms with Crippen LogP contribution in [-0.2, 0) is 4.79 Å². The molecular formula is C18H12Cl2F2N2O3S. The SMILES string of the molecule is CCC(C(=O)O)n1c(=NC(=O)c2ccc(Cl)c(Cl)c2)sc2c(F)c(F)ccc21. The molecule has 0 aliphatic carbocycles. The van der Waals surface area contributed by atoms with Gasteiger partial charge < -0.3 is 9.67 Å². The van der Waals surface area contributed by atoms with E-state index < -0.39 is 29.6 Å². The van der Waals surface area contributed by atoms with Gasteiger partial charge in [-0.25, -0.2) is 13.6 Å². The number of carboxylic acid groups (broad SMARTS) is 1. The minimum Gasteiger partial charge on any atom is -0.480 e. The van der Waals surface area contributed by atoms with Gasteiger partial charge >= 0.3 is 5.97 Å². The summed E-state index contributed by atoms with van der Waals surface area (Å²) in [5.74, 6) is -4.11. The number of carbonyl (C=O) groups is 2. The number of rotatable bonds is 4. The topological polar surface area (TPSA) is 71.7 Å². The van der Waals surface area contributed by atoms with Crippen LogP contribution >= 0.6 is 34.5 Å². The molecule has 1 N–H and O–H groups in total. The van der Waals surface area contributed by atoms with E-state index in [0.29, 0.717) is 11.3 Å². The van der Waals surface area contributed by atoms with E-state index in [0.717, 1.165) is 6.07 Å². The maximum absolute atomic E-state index is 14.2. The summed E-state index contributed by atoms with van der Waals surface area (Å²) < 4.78 is 29.0. The van der Waals surface area contributed by atoms with Crippen molar-refractivity contribution in [1.82, 2.24) is 4.57 Å². The molecule has 146 valence electrons. The molecule has 0 spiro atoms. The minimum absolute atomic E-state index is 0.0650. The summed E-state index contributed by atoms with van der Waals surface area (Å²) in [7, 11) is 0. The number of nitrogens with zero attached hydrogens (tertiary/aromatic N) is 2. The van der Waals surface area contributed by atoms with E-state index in [1.165, 1.54) is 28.8 Å². The molecule has 0 bridgehead atoms. The first-order valence-electron chi connectivity index (χ1n) is 8.00. The average Bonchev–Trinajstić information content (AvgIpc) is 2.99. The first kappa shape index (κ1) is 20.4. The second kappa shape index (κ2) is 7.98. The minimum atomic E-state index is -1.18. The van der Waals surface area contributed by atoms with Gasteiger partial charge in [0.15, 0.2) is 16.4 Å². The molecule has 0 aliphatic heterocycles. The van der Waals surface area contributed by atoms with Crippen LogP contribution in [0.1, 0.15) is 29.7 Å². The number of aliphatic carboxylic acids is 1. The number of carboxylic acids is 1. The van der Waals surface area contributed by atoms with Crippen LogP contribution in [-0.4, -0.2) is 21.6 Å². The zero-order valence-electron chi connectivity index (χ0n) is 14.2. The van der Waals surface area contributed by atoms with Gasteiger partial charge in [-0.2, -0.15) is 4.99 Å². The predicted octanol–water partition coefficient (Wildman–Crippen LogP) is 5.06. The Morgan fingerprint density at radius 1 is 1.21 bits per heavy atom. The maximum Gasteiger partial charge on any atom is 0.326 e. The quantitative estimate of drug-likeness (QED) is 0.610. The van der Waals surface area contributed by atoms with E-state index in [1.54, 1.807) is 6.92 Å². The van der Waals surface area contributed by atoms with Crippen molar-refractivity contribution in [2.24, 2.45) is 4.99 Å². The molecule has 1 amide bonds. The highest BCUT2D eigenvalue weighted by atomic mass is 35.5. The zero-order chi connectivity index (χ0) is 20.6. The van der Waals surface area contributed by atoms with Gasteiger partial charge in [0, 0.05) is 5.56 Å². The first-order chi connectivity index (χ1) is 13.2. The van der Waals surface area contributed by atoms with E-state index in [4.69, 9.17) is 23.2 Å². The van der Waals surface area contributed by atoms with Gasteiger partial charge in [0.1, 0.15) is 6.04 Å². The molecule has 0 radical (unpaired) electrons. The van der Waals surface area contributed by atoms with Gasteiger partial charge in [0.05, 0.1) is 20.3 Å². The standard InChI is InChI=1S/C18H12Cl2F2N2O3S/c1-2-12(17(26)27)24-13-6-5-11(21)14(22)15(13)28-18(24)23-16(25)8-3-4-9(19)10(20)7-8/h3-7,12H,2H2,1H3,(H,26,27). The lowest BCUT2D eigenvalue weighted by Gasteiger charge is -2.13. The van der Waals surface area contributed by atoms with Crippen LogP contribution < -0.4 is 4.80 Å². The fourth-order valence-electron chi connectivity index (χ4n) is 2.68. The molecule has 5 nitrogen and oxygen atoms in total. The molecular weight excluding hydrogens is 433 g/mol. The van der Waals surface area contributed by atoms with Gasteiger partial charge in [-0.05, 0) is 36.8 Å². The fourth-order valence-corrected chi connectivity index (χ4v) is 4.07. The Labute approximate surface area is 171 Å². The van der Waals surface area contributed by atoms with E-state index in [9.17, 15) is 23.5 Å². The van der Waals surface area contributed by atoms with Gasteiger partial charge in [-0.15, -0.1) is 0 Å². The van der Waals surface area contributed by atoms with Crippen molar-refractivity contribution < 1.29 is 23.5 Å². The lowest BCUT2D eigenvalue weighted by molar-refractivity contribution is -0.140. The summed E-state index contributed by atoms with van der Waals surface area (Å²) in [6.45, 7) is 1.62. The highest BCUT2D eigenvalue weighted by Gasteiger charge is 2.24. The number of thiazole rings is 1. The monoisotopic (exact) mass is 444 g/mol. The van der Waals surface area contributed by atoms with Crippen LogP contribution in [0.15, 0.2) is 35.3 Å². The third-order valence-corrected chi connectivity index (χ3v) is 5.84. The largest absolute Gasteiger partial charge is 0.480 e. The van der Waals surface area contributed by atoms with Crippen LogP contribution in [0.25, 0.3) is 10.2 Å². The molecule has 10 heteroatoms. The Morgan fingerprint density at radius 3 is 2.54 bits per heavy atom. The third-order valence-electron chi connectivity index (χ3n) is 4.04. The summed E-state index contributed by atoms with van der Waals surface area (Å²) in [6.07, 6.45) is 0.147. The maximum atomic E-state index is 14.2. The molecule has 1 atom stereocenters. The zero-order valence-corrected chi connectivity index (χ0v) is 16.6. The molecule has 0 aliphatic rings. The molecule has 0 fully saturated rings. The number of hydrogen-bond donors (Lipinski definition) is 1. The van der Waals surface area contributed by atoms with E-state index in [2.05, 4.69) is 4.99 Å². The second-order valence-corrected chi connectivity index (χ2v) is 7.56. The van der Waals surface area contributed by atoms with Crippen molar-refractivity contribution in [3.8, 4) is 0 Å². The lowest BCUT2D eigenvalue weighted by Crippen LogP contribution is -2.27. The Morgan fingerprint density at radius 2 is 1.93 bits per heavy atom. The van der Waals surface area contributed by atoms with Crippen LogP contribution in [0.3, 0.4) is 0 Å². The van der Waals surface area contributed by atoms with Gasteiger partial charge in [0.25, 0.3) is 5.91 Å². The Hall–Kier alpha value is -2.29. The summed E-state index contributed by atoms with van der Waals surface area (Å²) in [4.78, 5) is 28.1. The highest BCUT2D eigenvalue weighted by molar-refractivity contribution is 7.16. The summed E-state index contributed by atoms with van der Waals surface area (Å²) in [6, 6.07) is 5.21. The van der Waals surface area contributed by atoms with Crippen molar-refractivity contribution >= 4 is 56.6 Å². The van der Waals surface area contributed by atoms with E-state index in [-0.39, 0.29) is 37.0 Å². The number of halogens is 4. The number of amides is 1. The van der Waals surface area contributed by atoms with Gasteiger partial charge in [-0.3, -0.25) is 4.79 Å². The predicted molar refractivity (Wildman–Crippen MR) is 103 cm³/mol. The first-order valence-corrected chi connectivity index (χ1v) is 9.57. The summed E-state index contributed by atoms with van der Waals surface area (Å²) >= 11 is 12.4. The molecule has 3 rings (SSSR count). The summed E-state index contributed by atoms with van der Waals surface area (Å²) in [5.41, 5.74) is 0.257. The lowest BCUT2D eigenvalue weighted by atomic mass is 10.2. The smallest absolute Gasteiger partial charge is 0.326 e. The molecule has 28 heavy (non-hydrogen) atoms.